The first-order chi connectivity index (χ1) is 11.7. The van der Waals surface area contributed by atoms with E-state index in [1.54, 1.807) is 7.05 Å². The minimum Gasteiger partial charge on any atom is -0.488 e. The minimum atomic E-state index is 0.124. The molecule has 1 unspecified atom stereocenters. The molecule has 2 heterocycles. The second-order valence-electron chi connectivity index (χ2n) is 6.23. The number of guanidine groups is 1. The van der Waals surface area contributed by atoms with Crippen LogP contribution >= 0.6 is 0 Å². The van der Waals surface area contributed by atoms with Crippen LogP contribution in [-0.4, -0.2) is 30.8 Å². The van der Waals surface area contributed by atoms with E-state index in [9.17, 15) is 0 Å². The van der Waals surface area contributed by atoms with Crippen LogP contribution in [0, 0.1) is 0 Å². The second kappa shape index (κ2) is 7.38. The predicted octanol–water partition coefficient (Wildman–Crippen LogP) is 2.47. The first kappa shape index (κ1) is 16.4. The van der Waals surface area contributed by atoms with Crippen molar-refractivity contribution in [1.82, 2.24) is 15.8 Å². The maximum atomic E-state index is 5.92. The number of hydrogen-bond acceptors (Lipinski definition) is 4. The van der Waals surface area contributed by atoms with Crippen molar-refractivity contribution in [3.8, 4) is 5.75 Å². The van der Waals surface area contributed by atoms with Gasteiger partial charge in [-0.15, -0.1) is 0 Å². The lowest BCUT2D eigenvalue weighted by atomic mass is 10.1. The molecule has 2 N–H and O–H groups in total. The number of para-hydroxylation sites is 1. The summed E-state index contributed by atoms with van der Waals surface area (Å²) in [6.07, 6.45) is 1.04. The third kappa shape index (κ3) is 3.88. The number of ether oxygens (including phenoxy) is 1. The molecule has 0 amide bonds. The summed E-state index contributed by atoms with van der Waals surface area (Å²) >= 11 is 0. The molecule has 0 saturated carbocycles. The normalized spacial score (nSPS) is 16.8. The molecule has 24 heavy (non-hydrogen) atoms. The largest absolute Gasteiger partial charge is 0.488 e. The van der Waals surface area contributed by atoms with E-state index in [2.05, 4.69) is 40.7 Å². The fraction of sp³-hybridized carbons (Fsp3) is 0.444. The molecule has 128 valence electrons. The molecule has 3 rings (SSSR count). The van der Waals surface area contributed by atoms with Crippen molar-refractivity contribution in [2.75, 3.05) is 13.6 Å². The Kier molecular flexibility index (Phi) is 5.03. The van der Waals surface area contributed by atoms with E-state index in [1.165, 1.54) is 5.56 Å². The first-order valence-corrected chi connectivity index (χ1v) is 8.30. The molecule has 0 bridgehead atoms. The summed E-state index contributed by atoms with van der Waals surface area (Å²) < 4.78 is 11.2. The van der Waals surface area contributed by atoms with Crippen molar-refractivity contribution in [2.45, 2.75) is 38.8 Å². The molecule has 0 aliphatic carbocycles. The maximum Gasteiger partial charge on any atom is 0.191 e. The van der Waals surface area contributed by atoms with E-state index in [1.807, 2.05) is 24.3 Å². The Labute approximate surface area is 142 Å². The van der Waals surface area contributed by atoms with Gasteiger partial charge in [-0.1, -0.05) is 37.2 Å². The van der Waals surface area contributed by atoms with Gasteiger partial charge in [0.25, 0.3) is 0 Å². The topological polar surface area (TPSA) is 71.7 Å². The van der Waals surface area contributed by atoms with Crippen molar-refractivity contribution in [3.63, 3.8) is 0 Å². The van der Waals surface area contributed by atoms with Crippen LogP contribution in [0.1, 0.15) is 36.8 Å². The molecule has 6 nitrogen and oxygen atoms in total. The zero-order chi connectivity index (χ0) is 16.9. The Morgan fingerprint density at radius 2 is 2.17 bits per heavy atom. The summed E-state index contributed by atoms with van der Waals surface area (Å²) in [6, 6.07) is 10.1. The molecule has 0 radical (unpaired) electrons. The molecular formula is C18H24N4O2. The van der Waals surface area contributed by atoms with Crippen LogP contribution in [0.25, 0.3) is 0 Å². The molecule has 1 aliphatic heterocycles. The molecule has 6 heteroatoms. The van der Waals surface area contributed by atoms with E-state index in [4.69, 9.17) is 9.26 Å². The summed E-state index contributed by atoms with van der Waals surface area (Å²) in [6.45, 7) is 5.43. The number of rotatable bonds is 5. The van der Waals surface area contributed by atoms with Gasteiger partial charge in [-0.3, -0.25) is 4.99 Å². The highest BCUT2D eigenvalue weighted by Gasteiger charge is 2.22. The van der Waals surface area contributed by atoms with Gasteiger partial charge in [0.15, 0.2) is 11.7 Å². The summed E-state index contributed by atoms with van der Waals surface area (Å²) in [5.41, 5.74) is 2.22. The number of fused-ring (bicyclic) bond motifs is 1. The molecule has 1 aliphatic rings. The quantitative estimate of drug-likeness (QED) is 0.652. The van der Waals surface area contributed by atoms with Gasteiger partial charge in [0.05, 0.1) is 18.8 Å². The van der Waals surface area contributed by atoms with Crippen molar-refractivity contribution in [3.05, 3.63) is 47.3 Å². The van der Waals surface area contributed by atoms with Crippen LogP contribution < -0.4 is 15.4 Å². The standard InChI is InChI=1S/C18H24N4O2/c1-12(2)16-9-15(24-22-16)11-21-18(19-3)20-10-14-8-13-6-4-5-7-17(13)23-14/h4-7,9,12,14H,8,10-11H2,1-3H3,(H2,19,20,21). The molecule has 0 fully saturated rings. The van der Waals surface area contributed by atoms with Gasteiger partial charge in [-0.25, -0.2) is 0 Å². The first-order valence-electron chi connectivity index (χ1n) is 8.30. The molecule has 1 atom stereocenters. The lowest BCUT2D eigenvalue weighted by Gasteiger charge is -2.15. The Morgan fingerprint density at radius 1 is 1.33 bits per heavy atom. The van der Waals surface area contributed by atoms with Crippen LogP contribution in [0.15, 0.2) is 39.8 Å². The van der Waals surface area contributed by atoms with Crippen LogP contribution in [0.3, 0.4) is 0 Å². The number of nitrogens with zero attached hydrogens (tertiary/aromatic N) is 2. The third-order valence-corrected chi connectivity index (χ3v) is 4.03. The highest BCUT2D eigenvalue weighted by molar-refractivity contribution is 5.79. The average molecular weight is 328 g/mol. The maximum absolute atomic E-state index is 5.92. The SMILES string of the molecule is CN=C(NCc1cc(C(C)C)no1)NCC1Cc2ccccc2O1. The number of aliphatic imine (C=N–C) groups is 1. The van der Waals surface area contributed by atoms with E-state index < -0.39 is 0 Å². The lowest BCUT2D eigenvalue weighted by molar-refractivity contribution is 0.235. The predicted molar refractivity (Wildman–Crippen MR) is 93.4 cm³/mol. The van der Waals surface area contributed by atoms with Crippen LogP contribution in [0.5, 0.6) is 5.75 Å². The average Bonchev–Trinajstić information content (AvgIpc) is 3.21. The Hall–Kier alpha value is -2.50. The van der Waals surface area contributed by atoms with E-state index in [-0.39, 0.29) is 6.10 Å². The summed E-state index contributed by atoms with van der Waals surface area (Å²) in [5, 5.41) is 10.6. The second-order valence-corrected chi connectivity index (χ2v) is 6.23. The smallest absolute Gasteiger partial charge is 0.191 e. The van der Waals surface area contributed by atoms with Crippen molar-refractivity contribution >= 4 is 5.96 Å². The number of benzene rings is 1. The summed E-state index contributed by atoms with van der Waals surface area (Å²) in [4.78, 5) is 4.23. The lowest BCUT2D eigenvalue weighted by Crippen LogP contribution is -2.41. The van der Waals surface area contributed by atoms with Crippen molar-refractivity contribution in [1.29, 1.82) is 0 Å². The summed E-state index contributed by atoms with van der Waals surface area (Å²) in [7, 11) is 1.75. The van der Waals surface area contributed by atoms with Gasteiger partial charge < -0.3 is 19.9 Å². The van der Waals surface area contributed by atoms with Gasteiger partial charge in [0.1, 0.15) is 11.9 Å². The molecule has 0 saturated heterocycles. The van der Waals surface area contributed by atoms with Crippen LogP contribution in [-0.2, 0) is 13.0 Å². The zero-order valence-electron chi connectivity index (χ0n) is 14.4. The number of aromatic nitrogens is 1. The number of hydrogen-bond donors (Lipinski definition) is 2. The third-order valence-electron chi connectivity index (χ3n) is 4.03. The zero-order valence-corrected chi connectivity index (χ0v) is 14.4. The van der Waals surface area contributed by atoms with E-state index >= 15 is 0 Å². The van der Waals surface area contributed by atoms with Crippen LogP contribution in [0.2, 0.25) is 0 Å². The van der Waals surface area contributed by atoms with Gasteiger partial charge >= 0.3 is 0 Å². The fourth-order valence-corrected chi connectivity index (χ4v) is 2.65. The molecule has 1 aromatic heterocycles. The monoisotopic (exact) mass is 328 g/mol. The van der Waals surface area contributed by atoms with E-state index in [0.29, 0.717) is 19.0 Å². The van der Waals surface area contributed by atoms with Crippen molar-refractivity contribution in [2.24, 2.45) is 4.99 Å². The Balaban J connectivity index is 1.46. The minimum absolute atomic E-state index is 0.124. The fourth-order valence-electron chi connectivity index (χ4n) is 2.65. The Morgan fingerprint density at radius 3 is 2.88 bits per heavy atom. The summed E-state index contributed by atoms with van der Waals surface area (Å²) in [5.74, 6) is 2.86. The van der Waals surface area contributed by atoms with Gasteiger partial charge in [0.2, 0.25) is 0 Å². The van der Waals surface area contributed by atoms with Crippen LogP contribution in [0.4, 0.5) is 0 Å². The number of nitrogens with one attached hydrogen (secondary N) is 2. The van der Waals surface area contributed by atoms with Gasteiger partial charge in [-0.2, -0.15) is 0 Å². The van der Waals surface area contributed by atoms with Crippen molar-refractivity contribution < 1.29 is 9.26 Å². The molecule has 2 aromatic rings. The van der Waals surface area contributed by atoms with E-state index in [0.717, 1.165) is 29.6 Å². The Bertz CT molecular complexity index is 684. The molecular weight excluding hydrogens is 304 g/mol. The highest BCUT2D eigenvalue weighted by Crippen LogP contribution is 2.27. The molecule has 1 aromatic carbocycles. The van der Waals surface area contributed by atoms with Gasteiger partial charge in [0, 0.05) is 19.5 Å². The highest BCUT2D eigenvalue weighted by atomic mass is 16.5. The molecule has 0 spiro atoms. The van der Waals surface area contributed by atoms with Gasteiger partial charge in [-0.05, 0) is 17.5 Å².